The molecule has 0 radical (unpaired) electrons. The molecule has 2 aromatic carbocycles. The zero-order valence-corrected chi connectivity index (χ0v) is 19.5. The van der Waals surface area contributed by atoms with Crippen LogP contribution in [0.3, 0.4) is 0 Å². The molecule has 0 aromatic heterocycles. The van der Waals surface area contributed by atoms with Gasteiger partial charge >= 0.3 is 0 Å². The van der Waals surface area contributed by atoms with Crippen LogP contribution in [0.15, 0.2) is 61.4 Å². The lowest BCUT2D eigenvalue weighted by atomic mass is 9.77. The van der Waals surface area contributed by atoms with Gasteiger partial charge in [-0.05, 0) is 55.0 Å². The summed E-state index contributed by atoms with van der Waals surface area (Å²) in [6, 6.07) is 17.1. The van der Waals surface area contributed by atoms with Crippen molar-refractivity contribution < 1.29 is 14.2 Å². The minimum Gasteiger partial charge on any atom is -0.498 e. The van der Waals surface area contributed by atoms with E-state index in [2.05, 4.69) is 84.5 Å². The smallest absolute Gasteiger partial charge is 0.122 e. The second-order valence-corrected chi connectivity index (χ2v) is 9.15. The zero-order valence-electron chi connectivity index (χ0n) is 19.5. The quantitative estimate of drug-likeness (QED) is 0.283. The molecule has 0 fully saturated rings. The average Bonchev–Trinajstić information content (AvgIpc) is 2.71. The van der Waals surface area contributed by atoms with Gasteiger partial charge in [-0.1, -0.05) is 70.7 Å². The molecular weight excluding hydrogens is 372 g/mol. The van der Waals surface area contributed by atoms with Crippen molar-refractivity contribution >= 4 is 0 Å². The van der Waals surface area contributed by atoms with Crippen LogP contribution in [0, 0.1) is 5.92 Å². The third-order valence-corrected chi connectivity index (χ3v) is 5.62. The molecular formula is C27H38O3. The lowest BCUT2D eigenvalue weighted by Gasteiger charge is -2.29. The summed E-state index contributed by atoms with van der Waals surface area (Å²) in [4.78, 5) is 0. The maximum Gasteiger partial charge on any atom is 0.122 e. The van der Waals surface area contributed by atoms with Gasteiger partial charge < -0.3 is 14.2 Å². The summed E-state index contributed by atoms with van der Waals surface area (Å²) in [6.45, 7) is 18.6. The van der Waals surface area contributed by atoms with Crippen LogP contribution in [0.25, 0.3) is 0 Å². The van der Waals surface area contributed by atoms with E-state index in [1.165, 1.54) is 23.0 Å². The monoisotopic (exact) mass is 410 g/mol. The molecule has 0 aliphatic carbocycles. The molecule has 0 heterocycles. The van der Waals surface area contributed by atoms with Crippen molar-refractivity contribution in [1.29, 1.82) is 0 Å². The maximum atomic E-state index is 6.17. The fourth-order valence-electron chi connectivity index (χ4n) is 3.35. The van der Waals surface area contributed by atoms with Crippen LogP contribution in [0.4, 0.5) is 0 Å². The summed E-state index contributed by atoms with van der Waals surface area (Å²) in [5.74, 6) is 1.50. The van der Waals surface area contributed by atoms with E-state index >= 15 is 0 Å². The van der Waals surface area contributed by atoms with Gasteiger partial charge in [-0.2, -0.15) is 0 Å². The Balaban J connectivity index is 2.06. The number of hydrogen-bond acceptors (Lipinski definition) is 3. The van der Waals surface area contributed by atoms with Gasteiger partial charge in [0, 0.05) is 12.0 Å². The summed E-state index contributed by atoms with van der Waals surface area (Å²) < 4.78 is 17.0. The number of rotatable bonds is 12. The van der Waals surface area contributed by atoms with Gasteiger partial charge in [0.15, 0.2) is 0 Å². The van der Waals surface area contributed by atoms with Gasteiger partial charge in [0.05, 0.1) is 11.9 Å². The molecule has 0 N–H and O–H groups in total. The first kappa shape index (κ1) is 24.0. The highest BCUT2D eigenvalue weighted by molar-refractivity contribution is 5.41. The Morgan fingerprint density at radius 2 is 1.33 bits per heavy atom. The van der Waals surface area contributed by atoms with Crippen molar-refractivity contribution in [2.24, 2.45) is 5.92 Å². The van der Waals surface area contributed by atoms with E-state index in [4.69, 9.17) is 14.2 Å². The zero-order chi connectivity index (χ0) is 22.2. The first-order chi connectivity index (χ1) is 14.2. The van der Waals surface area contributed by atoms with Crippen molar-refractivity contribution in [3.8, 4) is 5.75 Å². The minimum absolute atomic E-state index is 0.106. The van der Waals surface area contributed by atoms with E-state index in [9.17, 15) is 0 Å². The van der Waals surface area contributed by atoms with Gasteiger partial charge in [0.2, 0.25) is 0 Å². The Bertz CT molecular complexity index is 771. The SMILES string of the molecule is C=COCCOc1ccc(C(C)(C)c2ccc(C(C)(C)OCCC(C)C)cc2)cc1. The second kappa shape index (κ2) is 10.7. The van der Waals surface area contributed by atoms with Crippen LogP contribution >= 0.6 is 0 Å². The molecule has 0 unspecified atom stereocenters. The van der Waals surface area contributed by atoms with Gasteiger partial charge in [-0.15, -0.1) is 0 Å². The Labute approximate surface area is 183 Å². The molecule has 3 nitrogen and oxygen atoms in total. The molecule has 0 spiro atoms. The van der Waals surface area contributed by atoms with Gasteiger partial charge in [0.25, 0.3) is 0 Å². The van der Waals surface area contributed by atoms with Crippen molar-refractivity contribution in [2.45, 2.75) is 59.0 Å². The van der Waals surface area contributed by atoms with Crippen LogP contribution < -0.4 is 4.74 Å². The Morgan fingerprint density at radius 1 is 0.800 bits per heavy atom. The molecule has 30 heavy (non-hydrogen) atoms. The molecule has 2 rings (SSSR count). The summed E-state index contributed by atoms with van der Waals surface area (Å²) in [5.41, 5.74) is 3.34. The predicted octanol–water partition coefficient (Wildman–Crippen LogP) is 6.85. The number of hydrogen-bond donors (Lipinski definition) is 0. The Kier molecular flexibility index (Phi) is 8.54. The van der Waals surface area contributed by atoms with Crippen LogP contribution in [0.5, 0.6) is 5.75 Å². The summed E-state index contributed by atoms with van der Waals surface area (Å²) in [7, 11) is 0. The molecule has 0 atom stereocenters. The van der Waals surface area contributed by atoms with Crippen LogP contribution in [-0.4, -0.2) is 19.8 Å². The third-order valence-electron chi connectivity index (χ3n) is 5.62. The first-order valence-corrected chi connectivity index (χ1v) is 10.9. The Hall–Kier alpha value is -2.26. The van der Waals surface area contributed by atoms with Gasteiger partial charge in [-0.25, -0.2) is 0 Å². The largest absolute Gasteiger partial charge is 0.498 e. The maximum absolute atomic E-state index is 6.17. The van der Waals surface area contributed by atoms with E-state index in [-0.39, 0.29) is 11.0 Å². The minimum atomic E-state index is -0.286. The molecule has 3 heteroatoms. The van der Waals surface area contributed by atoms with Crippen molar-refractivity contribution in [3.05, 3.63) is 78.1 Å². The number of benzene rings is 2. The van der Waals surface area contributed by atoms with Gasteiger partial charge in [-0.3, -0.25) is 0 Å². The normalized spacial score (nSPS) is 12.1. The Morgan fingerprint density at radius 3 is 1.87 bits per heavy atom. The highest BCUT2D eigenvalue weighted by Crippen LogP contribution is 2.34. The van der Waals surface area contributed by atoms with E-state index in [0.29, 0.717) is 19.1 Å². The van der Waals surface area contributed by atoms with E-state index in [1.54, 1.807) is 0 Å². The third kappa shape index (κ3) is 6.63. The topological polar surface area (TPSA) is 27.7 Å². The summed E-state index contributed by atoms with van der Waals surface area (Å²) >= 11 is 0. The average molecular weight is 411 g/mol. The highest BCUT2D eigenvalue weighted by Gasteiger charge is 2.25. The fourth-order valence-corrected chi connectivity index (χ4v) is 3.35. The summed E-state index contributed by atoms with van der Waals surface area (Å²) in [6.07, 6.45) is 2.51. The molecule has 164 valence electrons. The molecule has 2 aromatic rings. The predicted molar refractivity (Wildman–Crippen MR) is 125 cm³/mol. The van der Waals surface area contributed by atoms with E-state index in [1.807, 2.05) is 12.1 Å². The van der Waals surface area contributed by atoms with Crippen molar-refractivity contribution in [3.63, 3.8) is 0 Å². The van der Waals surface area contributed by atoms with E-state index in [0.717, 1.165) is 18.8 Å². The first-order valence-electron chi connectivity index (χ1n) is 10.9. The standard InChI is InChI=1S/C27H38O3/c1-8-28-19-20-29-25-15-13-23(14-16-25)26(4,5)22-9-11-24(12-10-22)27(6,7)30-18-17-21(2)3/h8-16,21H,1,17-20H2,2-7H3. The molecule has 0 bridgehead atoms. The second-order valence-electron chi connectivity index (χ2n) is 9.15. The van der Waals surface area contributed by atoms with Crippen molar-refractivity contribution in [2.75, 3.05) is 19.8 Å². The fraction of sp³-hybridized carbons (Fsp3) is 0.481. The lowest BCUT2D eigenvalue weighted by molar-refractivity contribution is -0.0262. The summed E-state index contributed by atoms with van der Waals surface area (Å²) in [5, 5.41) is 0. The molecule has 0 aliphatic heterocycles. The van der Waals surface area contributed by atoms with Gasteiger partial charge in [0.1, 0.15) is 19.0 Å². The van der Waals surface area contributed by atoms with Crippen LogP contribution in [0.2, 0.25) is 0 Å². The number of ether oxygens (including phenoxy) is 3. The molecule has 0 amide bonds. The van der Waals surface area contributed by atoms with Crippen LogP contribution in [0.1, 0.15) is 64.7 Å². The molecule has 0 saturated carbocycles. The molecule has 0 aliphatic rings. The highest BCUT2D eigenvalue weighted by atomic mass is 16.5. The van der Waals surface area contributed by atoms with Crippen LogP contribution in [-0.2, 0) is 20.5 Å². The lowest BCUT2D eigenvalue weighted by Crippen LogP contribution is -2.24. The van der Waals surface area contributed by atoms with E-state index < -0.39 is 0 Å². The molecule has 0 saturated heterocycles. The van der Waals surface area contributed by atoms with Crippen molar-refractivity contribution in [1.82, 2.24) is 0 Å².